The van der Waals surface area contributed by atoms with E-state index >= 15 is 0 Å². The van der Waals surface area contributed by atoms with Gasteiger partial charge >= 0.3 is 0 Å². The van der Waals surface area contributed by atoms with Gasteiger partial charge in [-0.1, -0.05) is 127 Å². The first kappa shape index (κ1) is 26.8. The highest BCUT2D eigenvalue weighted by molar-refractivity contribution is 6.20. The summed E-state index contributed by atoms with van der Waals surface area (Å²) in [6.07, 6.45) is 0. The Balaban J connectivity index is 1.08. The van der Waals surface area contributed by atoms with Crippen LogP contribution >= 0.6 is 0 Å². The van der Waals surface area contributed by atoms with E-state index in [0.29, 0.717) is 5.82 Å². The molecule has 220 valence electrons. The number of hydrogen-bond acceptors (Lipinski definition) is 6. The maximum Gasteiger partial charge on any atom is 0.160 e. The Morgan fingerprint density at radius 2 is 0.957 bits per heavy atom. The van der Waals surface area contributed by atoms with Crippen molar-refractivity contribution < 1.29 is 4.63 Å². The second kappa shape index (κ2) is 11.1. The zero-order valence-electron chi connectivity index (χ0n) is 25.1. The minimum Gasteiger partial charge on any atom is -0.247 e. The zero-order chi connectivity index (χ0) is 31.2. The fraction of sp³-hybridized carbons (Fsp3) is 0. The van der Waals surface area contributed by atoms with Crippen molar-refractivity contribution in [2.45, 2.75) is 0 Å². The van der Waals surface area contributed by atoms with Gasteiger partial charge in [0.25, 0.3) is 0 Å². The van der Waals surface area contributed by atoms with Crippen molar-refractivity contribution in [2.75, 3.05) is 0 Å². The molecule has 9 aromatic rings. The summed E-state index contributed by atoms with van der Waals surface area (Å²) in [6, 6.07) is 51.7. The van der Waals surface area contributed by atoms with Crippen molar-refractivity contribution in [1.82, 2.24) is 25.3 Å². The topological polar surface area (TPSA) is 77.6 Å². The van der Waals surface area contributed by atoms with Crippen molar-refractivity contribution in [3.05, 3.63) is 152 Å². The van der Waals surface area contributed by atoms with E-state index in [1.54, 1.807) is 0 Å². The fourth-order valence-electron chi connectivity index (χ4n) is 6.23. The second-order valence-corrected chi connectivity index (χ2v) is 11.4. The van der Waals surface area contributed by atoms with Gasteiger partial charge in [-0.15, -0.1) is 0 Å². The van der Waals surface area contributed by atoms with Crippen LogP contribution in [0, 0.1) is 0 Å². The lowest BCUT2D eigenvalue weighted by molar-refractivity contribution is 0.316. The third-order valence-electron chi connectivity index (χ3n) is 8.59. The molecule has 6 heteroatoms. The number of para-hydroxylation sites is 1. The van der Waals surface area contributed by atoms with Crippen LogP contribution in [0.4, 0.5) is 0 Å². The Hall–Kier alpha value is -6.53. The van der Waals surface area contributed by atoms with Crippen molar-refractivity contribution >= 4 is 32.7 Å². The van der Waals surface area contributed by atoms with Crippen LogP contribution in [0.25, 0.3) is 89.0 Å². The van der Waals surface area contributed by atoms with Crippen LogP contribution in [0.15, 0.2) is 156 Å². The first-order valence-electron chi connectivity index (χ1n) is 15.4. The molecule has 47 heavy (non-hydrogen) atoms. The smallest absolute Gasteiger partial charge is 0.160 e. The molecule has 3 aromatic heterocycles. The summed E-state index contributed by atoms with van der Waals surface area (Å²) in [5, 5.41) is 11.3. The standard InChI is InChI=1S/C41H25N5O/c1-3-9-28(10-4-1)36-25-37(44-41(43-36)31-11-5-2-6-12-31)29-19-15-26(16-20-29)27-17-21-30(22-18-27)39-33-23-24-35-40(46-47-45-35)38(33)32-13-7-8-14-34(32)42-39/h1-25H. The van der Waals surface area contributed by atoms with Crippen LogP contribution in [0.2, 0.25) is 0 Å². The number of hydrogen-bond donors (Lipinski definition) is 0. The van der Waals surface area contributed by atoms with Crippen LogP contribution in [-0.4, -0.2) is 25.3 Å². The summed E-state index contributed by atoms with van der Waals surface area (Å²) in [5.74, 6) is 0.706. The molecule has 0 unspecified atom stereocenters. The molecule has 0 amide bonds. The summed E-state index contributed by atoms with van der Waals surface area (Å²) in [4.78, 5) is 15.0. The van der Waals surface area contributed by atoms with Crippen LogP contribution in [0.5, 0.6) is 0 Å². The predicted molar refractivity (Wildman–Crippen MR) is 187 cm³/mol. The molecule has 6 aromatic carbocycles. The lowest BCUT2D eigenvalue weighted by atomic mass is 9.97. The highest BCUT2D eigenvalue weighted by atomic mass is 16.6. The van der Waals surface area contributed by atoms with Gasteiger partial charge in [0.15, 0.2) is 5.82 Å². The number of rotatable bonds is 5. The Morgan fingerprint density at radius 1 is 0.383 bits per heavy atom. The molecule has 0 spiro atoms. The van der Waals surface area contributed by atoms with E-state index in [2.05, 4.69) is 89.2 Å². The fourth-order valence-corrected chi connectivity index (χ4v) is 6.23. The van der Waals surface area contributed by atoms with Crippen molar-refractivity contribution in [3.63, 3.8) is 0 Å². The molecule has 0 saturated carbocycles. The van der Waals surface area contributed by atoms with Crippen LogP contribution in [-0.2, 0) is 0 Å². The van der Waals surface area contributed by atoms with Crippen molar-refractivity contribution in [2.24, 2.45) is 0 Å². The van der Waals surface area contributed by atoms with E-state index in [4.69, 9.17) is 19.6 Å². The van der Waals surface area contributed by atoms with E-state index in [1.807, 2.05) is 72.8 Å². The number of nitrogens with zero attached hydrogens (tertiary/aromatic N) is 5. The van der Waals surface area contributed by atoms with Crippen LogP contribution < -0.4 is 0 Å². The van der Waals surface area contributed by atoms with Gasteiger partial charge in [-0.2, -0.15) is 0 Å². The molecule has 0 radical (unpaired) electrons. The predicted octanol–water partition coefficient (Wildman–Crippen LogP) is 10.0. The van der Waals surface area contributed by atoms with Gasteiger partial charge in [0.05, 0.1) is 22.6 Å². The highest BCUT2D eigenvalue weighted by Crippen LogP contribution is 2.37. The normalized spacial score (nSPS) is 11.4. The monoisotopic (exact) mass is 603 g/mol. The Kier molecular flexibility index (Phi) is 6.35. The zero-order valence-corrected chi connectivity index (χ0v) is 25.1. The van der Waals surface area contributed by atoms with E-state index < -0.39 is 0 Å². The summed E-state index contributed by atoms with van der Waals surface area (Å²) in [6.45, 7) is 0. The summed E-state index contributed by atoms with van der Waals surface area (Å²) >= 11 is 0. The maximum absolute atomic E-state index is 5.09. The quantitative estimate of drug-likeness (QED) is 0.182. The van der Waals surface area contributed by atoms with Crippen LogP contribution in [0.1, 0.15) is 0 Å². The lowest BCUT2D eigenvalue weighted by Crippen LogP contribution is -1.95. The van der Waals surface area contributed by atoms with Gasteiger partial charge in [-0.25, -0.2) is 19.6 Å². The summed E-state index contributed by atoms with van der Waals surface area (Å²) < 4.78 is 5.09. The molecule has 6 nitrogen and oxygen atoms in total. The molecule has 0 bridgehead atoms. The molecule has 0 N–H and O–H groups in total. The SMILES string of the molecule is c1ccc(-c2cc(-c3ccc(-c4ccc(-c5nc6ccccc6c6c5ccc5nonc56)cc4)cc3)nc(-c3ccccc3)n2)cc1. The minimum atomic E-state index is 0.706. The number of benzene rings is 6. The molecule has 0 aliphatic carbocycles. The van der Waals surface area contributed by atoms with E-state index in [-0.39, 0.29) is 0 Å². The summed E-state index contributed by atoms with van der Waals surface area (Å²) in [7, 11) is 0. The van der Waals surface area contributed by atoms with Crippen molar-refractivity contribution in [3.8, 4) is 56.3 Å². The van der Waals surface area contributed by atoms with Gasteiger partial charge in [-0.05, 0) is 45.7 Å². The van der Waals surface area contributed by atoms with Gasteiger partial charge in [0, 0.05) is 38.4 Å². The maximum atomic E-state index is 5.09. The van der Waals surface area contributed by atoms with E-state index in [1.165, 1.54) is 0 Å². The first-order valence-corrected chi connectivity index (χ1v) is 15.4. The lowest BCUT2D eigenvalue weighted by Gasteiger charge is -2.11. The average Bonchev–Trinajstić information content (AvgIpc) is 3.65. The molecular weight excluding hydrogens is 578 g/mol. The largest absolute Gasteiger partial charge is 0.247 e. The molecular formula is C41H25N5O. The summed E-state index contributed by atoms with van der Waals surface area (Å²) in [5.41, 5.74) is 11.4. The average molecular weight is 604 g/mol. The van der Waals surface area contributed by atoms with Gasteiger partial charge in [-0.3, -0.25) is 0 Å². The number of fused-ring (bicyclic) bond motifs is 5. The molecule has 3 heterocycles. The molecule has 0 atom stereocenters. The van der Waals surface area contributed by atoms with E-state index in [0.717, 1.165) is 83.2 Å². The first-order chi connectivity index (χ1) is 23.3. The molecule has 0 saturated heterocycles. The third kappa shape index (κ3) is 4.80. The Labute approximate surface area is 270 Å². The minimum absolute atomic E-state index is 0.706. The van der Waals surface area contributed by atoms with Gasteiger partial charge < -0.3 is 0 Å². The molecule has 0 aliphatic heterocycles. The van der Waals surface area contributed by atoms with Gasteiger partial charge in [0.1, 0.15) is 11.0 Å². The van der Waals surface area contributed by atoms with Crippen molar-refractivity contribution in [1.29, 1.82) is 0 Å². The second-order valence-electron chi connectivity index (χ2n) is 11.4. The molecule has 0 fully saturated rings. The Morgan fingerprint density at radius 3 is 1.66 bits per heavy atom. The molecule has 9 rings (SSSR count). The van der Waals surface area contributed by atoms with Gasteiger partial charge in [0.2, 0.25) is 0 Å². The number of aromatic nitrogens is 5. The van der Waals surface area contributed by atoms with Crippen LogP contribution in [0.3, 0.4) is 0 Å². The molecule has 0 aliphatic rings. The Bertz CT molecular complexity index is 2490. The number of pyridine rings is 1. The highest BCUT2D eigenvalue weighted by Gasteiger charge is 2.16. The third-order valence-corrected chi connectivity index (χ3v) is 8.59. The van der Waals surface area contributed by atoms with E-state index in [9.17, 15) is 0 Å².